The van der Waals surface area contributed by atoms with Gasteiger partial charge < -0.3 is 5.32 Å². The Hall–Kier alpha value is -2.37. The summed E-state index contributed by atoms with van der Waals surface area (Å²) in [4.78, 5) is 19.5. The van der Waals surface area contributed by atoms with E-state index in [4.69, 9.17) is 23.2 Å². The molecule has 0 fully saturated rings. The lowest BCUT2D eigenvalue weighted by Gasteiger charge is -2.13. The number of anilines is 1. The van der Waals surface area contributed by atoms with Crippen LogP contribution in [0.25, 0.3) is 0 Å². The van der Waals surface area contributed by atoms with Crippen molar-refractivity contribution in [2.24, 2.45) is 0 Å². The summed E-state index contributed by atoms with van der Waals surface area (Å²) >= 11 is 11.5. The van der Waals surface area contributed by atoms with Crippen molar-refractivity contribution in [2.45, 2.75) is 12.1 Å². The first kappa shape index (κ1) is 18.0. The van der Waals surface area contributed by atoms with Crippen LogP contribution in [0.1, 0.15) is 17.2 Å². The van der Waals surface area contributed by atoms with Crippen molar-refractivity contribution in [3.8, 4) is 6.07 Å². The molecule has 124 valence electrons. The minimum atomic E-state index is -4.64. The Morgan fingerprint density at radius 2 is 2.04 bits per heavy atom. The molecule has 0 aliphatic heterocycles. The molecule has 2 aromatic heterocycles. The molecule has 10 heteroatoms. The van der Waals surface area contributed by atoms with E-state index >= 15 is 0 Å². The molecule has 0 aliphatic carbocycles. The number of amides is 1. The Morgan fingerprint density at radius 1 is 1.33 bits per heavy atom. The standard InChI is InChI=1S/C14H7Cl2F3N4O/c15-9-4-7(14(17,18)19)6-22-11(9)8(5-20)13(24)23-10-2-1-3-21-12(10)16/h1-4,6,8H,(H,23,24)/t8-/m1/s1. The molecule has 2 rings (SSSR count). The zero-order chi connectivity index (χ0) is 17.9. The predicted octanol–water partition coefficient (Wildman–Crippen LogP) is 4.05. The minimum Gasteiger partial charge on any atom is -0.322 e. The summed E-state index contributed by atoms with van der Waals surface area (Å²) in [6.07, 6.45) is -2.73. The molecule has 0 saturated heterocycles. The number of nitriles is 1. The van der Waals surface area contributed by atoms with Crippen LogP contribution in [0.4, 0.5) is 18.9 Å². The Bertz CT molecular complexity index is 820. The maximum Gasteiger partial charge on any atom is 0.417 e. The van der Waals surface area contributed by atoms with E-state index < -0.39 is 28.6 Å². The molecule has 0 radical (unpaired) electrons. The minimum absolute atomic E-state index is 0.00554. The quantitative estimate of drug-likeness (QED) is 0.822. The normalized spacial score (nSPS) is 12.3. The highest BCUT2D eigenvalue weighted by Gasteiger charge is 2.33. The predicted molar refractivity (Wildman–Crippen MR) is 80.5 cm³/mol. The molecule has 1 N–H and O–H groups in total. The lowest BCUT2D eigenvalue weighted by atomic mass is 10.0. The van der Waals surface area contributed by atoms with Gasteiger partial charge in [0, 0.05) is 12.4 Å². The number of halogens is 5. The molecule has 0 unspecified atom stereocenters. The number of rotatable bonds is 3. The highest BCUT2D eigenvalue weighted by atomic mass is 35.5. The van der Waals surface area contributed by atoms with Gasteiger partial charge in [-0.1, -0.05) is 23.2 Å². The number of nitrogens with one attached hydrogen (secondary N) is 1. The molecule has 0 aromatic carbocycles. The summed E-state index contributed by atoms with van der Waals surface area (Å²) in [5.41, 5.74) is -1.22. The van der Waals surface area contributed by atoms with Gasteiger partial charge in [0.25, 0.3) is 0 Å². The van der Waals surface area contributed by atoms with Gasteiger partial charge in [0.2, 0.25) is 5.91 Å². The first-order valence-corrected chi connectivity index (χ1v) is 7.03. The van der Waals surface area contributed by atoms with Gasteiger partial charge in [-0.2, -0.15) is 18.4 Å². The van der Waals surface area contributed by atoms with Gasteiger partial charge in [0.1, 0.15) is 0 Å². The largest absolute Gasteiger partial charge is 0.417 e. The van der Waals surface area contributed by atoms with Crippen molar-refractivity contribution < 1.29 is 18.0 Å². The summed E-state index contributed by atoms with van der Waals surface area (Å²) in [6.45, 7) is 0. The first-order chi connectivity index (χ1) is 11.2. The zero-order valence-electron chi connectivity index (χ0n) is 11.6. The fourth-order valence-electron chi connectivity index (χ4n) is 1.74. The van der Waals surface area contributed by atoms with Gasteiger partial charge in [-0.05, 0) is 18.2 Å². The third-order valence-corrected chi connectivity index (χ3v) is 3.48. The van der Waals surface area contributed by atoms with Crippen LogP contribution in [0.15, 0.2) is 30.6 Å². The van der Waals surface area contributed by atoms with E-state index in [1.165, 1.54) is 18.3 Å². The average Bonchev–Trinajstić information content (AvgIpc) is 2.51. The van der Waals surface area contributed by atoms with Crippen molar-refractivity contribution in [3.63, 3.8) is 0 Å². The Labute approximate surface area is 144 Å². The second-order valence-electron chi connectivity index (χ2n) is 4.48. The van der Waals surface area contributed by atoms with Crippen LogP contribution >= 0.6 is 23.2 Å². The van der Waals surface area contributed by atoms with E-state index in [1.54, 1.807) is 6.07 Å². The van der Waals surface area contributed by atoms with Gasteiger partial charge in [-0.3, -0.25) is 9.78 Å². The topological polar surface area (TPSA) is 78.7 Å². The molecule has 1 atom stereocenters. The number of nitrogens with zero attached hydrogens (tertiary/aromatic N) is 3. The maximum atomic E-state index is 12.6. The monoisotopic (exact) mass is 374 g/mol. The molecular formula is C14H7Cl2F3N4O. The smallest absolute Gasteiger partial charge is 0.322 e. The van der Waals surface area contributed by atoms with Crippen LogP contribution in [0.2, 0.25) is 10.2 Å². The van der Waals surface area contributed by atoms with Crippen molar-refractivity contribution in [1.82, 2.24) is 9.97 Å². The molecule has 0 aliphatic rings. The number of pyridine rings is 2. The lowest BCUT2D eigenvalue weighted by molar-refractivity contribution is -0.137. The number of aromatic nitrogens is 2. The van der Waals surface area contributed by atoms with Crippen molar-refractivity contribution in [1.29, 1.82) is 5.26 Å². The van der Waals surface area contributed by atoms with E-state index in [9.17, 15) is 23.2 Å². The molecule has 2 heterocycles. The fourth-order valence-corrected chi connectivity index (χ4v) is 2.19. The van der Waals surface area contributed by atoms with Crippen LogP contribution in [-0.4, -0.2) is 15.9 Å². The Balaban J connectivity index is 2.30. The fraction of sp³-hybridized carbons (Fsp3) is 0.143. The first-order valence-electron chi connectivity index (χ1n) is 6.27. The third-order valence-electron chi connectivity index (χ3n) is 2.88. The molecule has 5 nitrogen and oxygen atoms in total. The van der Waals surface area contributed by atoms with Crippen LogP contribution in [0.3, 0.4) is 0 Å². The summed E-state index contributed by atoms with van der Waals surface area (Å²) in [5.74, 6) is -2.36. The van der Waals surface area contributed by atoms with Crippen LogP contribution in [0.5, 0.6) is 0 Å². The van der Waals surface area contributed by atoms with Crippen molar-refractivity contribution in [2.75, 3.05) is 5.32 Å². The number of hydrogen-bond acceptors (Lipinski definition) is 4. The van der Waals surface area contributed by atoms with Gasteiger partial charge >= 0.3 is 6.18 Å². The van der Waals surface area contributed by atoms with Crippen LogP contribution in [0, 0.1) is 11.3 Å². The lowest BCUT2D eigenvalue weighted by Crippen LogP contribution is -2.22. The third kappa shape index (κ3) is 3.93. The average molecular weight is 375 g/mol. The Kier molecular flexibility index (Phi) is 5.26. The molecule has 0 bridgehead atoms. The molecular weight excluding hydrogens is 368 g/mol. The SMILES string of the molecule is N#C[C@@H](C(=O)Nc1cccnc1Cl)c1ncc(C(F)(F)F)cc1Cl. The number of hydrogen-bond donors (Lipinski definition) is 1. The zero-order valence-corrected chi connectivity index (χ0v) is 13.1. The summed E-state index contributed by atoms with van der Waals surface area (Å²) in [6, 6.07) is 5.22. The second-order valence-corrected chi connectivity index (χ2v) is 5.25. The van der Waals surface area contributed by atoms with Crippen LogP contribution < -0.4 is 5.32 Å². The Morgan fingerprint density at radius 3 is 2.58 bits per heavy atom. The molecule has 0 saturated carbocycles. The number of carbonyl (C=O) groups is 1. The summed E-state index contributed by atoms with van der Waals surface area (Å²) < 4.78 is 37.8. The number of carbonyl (C=O) groups excluding carboxylic acids is 1. The van der Waals surface area contributed by atoms with Crippen LogP contribution in [-0.2, 0) is 11.0 Å². The van der Waals surface area contributed by atoms with Crippen molar-refractivity contribution in [3.05, 3.63) is 52.0 Å². The second kappa shape index (κ2) is 7.03. The molecule has 1 amide bonds. The van der Waals surface area contributed by atoms with E-state index in [0.29, 0.717) is 12.3 Å². The molecule has 0 spiro atoms. The molecule has 2 aromatic rings. The van der Waals surface area contributed by atoms with Gasteiger partial charge in [-0.15, -0.1) is 0 Å². The number of alkyl halides is 3. The van der Waals surface area contributed by atoms with E-state index in [1.807, 2.05) is 0 Å². The van der Waals surface area contributed by atoms with Gasteiger partial charge in [0.15, 0.2) is 11.1 Å². The highest BCUT2D eigenvalue weighted by Crippen LogP contribution is 2.33. The summed E-state index contributed by atoms with van der Waals surface area (Å²) in [5, 5.41) is 11.1. The highest BCUT2D eigenvalue weighted by molar-refractivity contribution is 6.33. The van der Waals surface area contributed by atoms with E-state index in [2.05, 4.69) is 15.3 Å². The van der Waals surface area contributed by atoms with Crippen molar-refractivity contribution >= 4 is 34.8 Å². The van der Waals surface area contributed by atoms with Gasteiger partial charge in [-0.25, -0.2) is 4.98 Å². The summed E-state index contributed by atoms with van der Waals surface area (Å²) in [7, 11) is 0. The van der Waals surface area contributed by atoms with E-state index in [-0.39, 0.29) is 16.5 Å². The van der Waals surface area contributed by atoms with E-state index in [0.717, 1.165) is 0 Å². The van der Waals surface area contributed by atoms with Gasteiger partial charge in [0.05, 0.1) is 28.0 Å². The molecule has 24 heavy (non-hydrogen) atoms. The maximum absolute atomic E-state index is 12.6.